The molecule has 150 valence electrons. The molecule has 0 radical (unpaired) electrons. The van der Waals surface area contributed by atoms with Crippen LogP contribution < -0.4 is 14.8 Å². The summed E-state index contributed by atoms with van der Waals surface area (Å²) in [5.74, 6) is 0.337. The van der Waals surface area contributed by atoms with E-state index in [1.54, 1.807) is 36.4 Å². The second-order valence-corrected chi connectivity index (χ2v) is 8.12. The lowest BCUT2D eigenvalue weighted by Crippen LogP contribution is -2.31. The van der Waals surface area contributed by atoms with E-state index in [-0.39, 0.29) is 22.5 Å². The van der Waals surface area contributed by atoms with Crippen LogP contribution in [-0.2, 0) is 14.8 Å². The van der Waals surface area contributed by atoms with E-state index < -0.39 is 10.0 Å². The standard InChI is InChI=1S/C20H24N2O5S/c1-2-26-17-10-8-16(9-11-17)22-28(24,25)19-7-3-5-15(13-19)20(23)21-14-18-6-4-12-27-18/h3,5,7-11,13,18,22H,2,4,6,12,14H2,1H3,(H,21,23)/t18-/m0/s1. The summed E-state index contributed by atoms with van der Waals surface area (Å²) in [5, 5.41) is 2.79. The average molecular weight is 404 g/mol. The van der Waals surface area contributed by atoms with E-state index in [0.29, 0.717) is 31.2 Å². The quantitative estimate of drug-likeness (QED) is 0.706. The van der Waals surface area contributed by atoms with Crippen LogP contribution in [0.4, 0.5) is 5.69 Å². The van der Waals surface area contributed by atoms with Crippen molar-refractivity contribution in [3.8, 4) is 5.75 Å². The van der Waals surface area contributed by atoms with Gasteiger partial charge in [0.2, 0.25) is 0 Å². The molecule has 2 aromatic carbocycles. The summed E-state index contributed by atoms with van der Waals surface area (Å²) in [6, 6.07) is 12.6. The average Bonchev–Trinajstić information content (AvgIpc) is 3.21. The van der Waals surface area contributed by atoms with Crippen molar-refractivity contribution >= 4 is 21.6 Å². The number of rotatable bonds is 8. The van der Waals surface area contributed by atoms with Crippen LogP contribution in [0.3, 0.4) is 0 Å². The SMILES string of the molecule is CCOc1ccc(NS(=O)(=O)c2cccc(C(=O)NC[C@@H]3CCCO3)c2)cc1. The summed E-state index contributed by atoms with van der Waals surface area (Å²) in [6.07, 6.45) is 1.93. The molecule has 2 aromatic rings. The van der Waals surface area contributed by atoms with Gasteiger partial charge in [0.1, 0.15) is 5.75 Å². The zero-order valence-electron chi connectivity index (χ0n) is 15.7. The number of ether oxygens (including phenoxy) is 2. The van der Waals surface area contributed by atoms with Gasteiger partial charge in [-0.15, -0.1) is 0 Å². The van der Waals surface area contributed by atoms with Gasteiger partial charge in [0.15, 0.2) is 0 Å². The third-order valence-corrected chi connectivity index (χ3v) is 5.72. The van der Waals surface area contributed by atoms with Crippen molar-refractivity contribution in [1.82, 2.24) is 5.32 Å². The Labute approximate surface area is 165 Å². The number of benzene rings is 2. The highest BCUT2D eigenvalue weighted by Crippen LogP contribution is 2.20. The molecule has 8 heteroatoms. The molecule has 0 spiro atoms. The molecule has 0 aromatic heterocycles. The number of hydrogen-bond donors (Lipinski definition) is 2. The number of anilines is 1. The number of amides is 1. The highest BCUT2D eigenvalue weighted by molar-refractivity contribution is 7.92. The number of sulfonamides is 1. The molecule has 2 N–H and O–H groups in total. The largest absolute Gasteiger partial charge is 0.494 e. The fourth-order valence-corrected chi connectivity index (χ4v) is 4.02. The van der Waals surface area contributed by atoms with Gasteiger partial charge in [-0.25, -0.2) is 8.42 Å². The molecule has 7 nitrogen and oxygen atoms in total. The Morgan fingerprint density at radius 2 is 2.00 bits per heavy atom. The molecule has 1 heterocycles. The summed E-state index contributed by atoms with van der Waals surface area (Å²) in [7, 11) is -3.82. The molecule has 1 atom stereocenters. The first-order valence-electron chi connectivity index (χ1n) is 9.23. The van der Waals surface area contributed by atoms with E-state index in [2.05, 4.69) is 10.0 Å². The van der Waals surface area contributed by atoms with Gasteiger partial charge >= 0.3 is 0 Å². The van der Waals surface area contributed by atoms with Gasteiger partial charge in [-0.2, -0.15) is 0 Å². The predicted octanol–water partition coefficient (Wildman–Crippen LogP) is 2.79. The van der Waals surface area contributed by atoms with Crippen molar-refractivity contribution in [3.05, 3.63) is 54.1 Å². The minimum atomic E-state index is -3.82. The first-order chi connectivity index (χ1) is 13.5. The predicted molar refractivity (Wildman–Crippen MR) is 106 cm³/mol. The second kappa shape index (κ2) is 9.07. The van der Waals surface area contributed by atoms with Crippen LogP contribution in [0.5, 0.6) is 5.75 Å². The van der Waals surface area contributed by atoms with Gasteiger partial charge in [-0.3, -0.25) is 9.52 Å². The molecule has 28 heavy (non-hydrogen) atoms. The summed E-state index contributed by atoms with van der Waals surface area (Å²) in [5.41, 5.74) is 0.698. The van der Waals surface area contributed by atoms with E-state index >= 15 is 0 Å². The molecule has 1 fully saturated rings. The lowest BCUT2D eigenvalue weighted by Gasteiger charge is -2.12. The number of hydrogen-bond acceptors (Lipinski definition) is 5. The Balaban J connectivity index is 1.67. The maximum Gasteiger partial charge on any atom is 0.261 e. The molecule has 1 amide bonds. The van der Waals surface area contributed by atoms with E-state index in [9.17, 15) is 13.2 Å². The van der Waals surface area contributed by atoms with E-state index in [1.807, 2.05) is 6.92 Å². The van der Waals surface area contributed by atoms with Crippen molar-refractivity contribution in [2.45, 2.75) is 30.8 Å². The molecular weight excluding hydrogens is 380 g/mol. The number of carbonyl (C=O) groups excluding carboxylic acids is 1. The van der Waals surface area contributed by atoms with Gasteiger partial charge < -0.3 is 14.8 Å². The lowest BCUT2D eigenvalue weighted by atomic mass is 10.2. The molecule has 1 aliphatic rings. The monoisotopic (exact) mass is 404 g/mol. The Morgan fingerprint density at radius 3 is 2.68 bits per heavy atom. The lowest BCUT2D eigenvalue weighted by molar-refractivity contribution is 0.0857. The summed E-state index contributed by atoms with van der Waals surface area (Å²) in [6.45, 7) is 3.54. The minimum absolute atomic E-state index is 0.0196. The Kier molecular flexibility index (Phi) is 6.53. The Hall–Kier alpha value is -2.58. The highest BCUT2D eigenvalue weighted by Gasteiger charge is 2.19. The van der Waals surface area contributed by atoms with Crippen LogP contribution in [0.15, 0.2) is 53.4 Å². The Bertz CT molecular complexity index is 906. The molecule has 1 saturated heterocycles. The molecule has 0 unspecified atom stereocenters. The van der Waals surface area contributed by atoms with Gasteiger partial charge in [0, 0.05) is 24.4 Å². The van der Waals surface area contributed by atoms with E-state index in [0.717, 1.165) is 12.8 Å². The van der Waals surface area contributed by atoms with Crippen molar-refractivity contribution in [2.24, 2.45) is 0 Å². The fourth-order valence-electron chi connectivity index (χ4n) is 2.92. The van der Waals surface area contributed by atoms with Gasteiger partial charge in [-0.05, 0) is 62.2 Å². The molecular formula is C20H24N2O5S. The van der Waals surface area contributed by atoms with Crippen LogP contribution in [0.25, 0.3) is 0 Å². The minimum Gasteiger partial charge on any atom is -0.494 e. The third-order valence-electron chi connectivity index (χ3n) is 4.34. The summed E-state index contributed by atoms with van der Waals surface area (Å²) in [4.78, 5) is 12.4. The first kappa shape index (κ1) is 20.2. The first-order valence-corrected chi connectivity index (χ1v) is 10.7. The fraction of sp³-hybridized carbons (Fsp3) is 0.350. The van der Waals surface area contributed by atoms with Crippen LogP contribution >= 0.6 is 0 Å². The maximum atomic E-state index is 12.7. The van der Waals surface area contributed by atoms with Gasteiger partial charge in [0.25, 0.3) is 15.9 Å². The van der Waals surface area contributed by atoms with Crippen LogP contribution in [0.1, 0.15) is 30.1 Å². The van der Waals surface area contributed by atoms with Crippen molar-refractivity contribution < 1.29 is 22.7 Å². The maximum absolute atomic E-state index is 12.7. The zero-order valence-corrected chi connectivity index (χ0v) is 16.5. The highest BCUT2D eigenvalue weighted by atomic mass is 32.2. The smallest absolute Gasteiger partial charge is 0.261 e. The van der Waals surface area contributed by atoms with Gasteiger partial charge in [-0.1, -0.05) is 6.07 Å². The van der Waals surface area contributed by atoms with Crippen molar-refractivity contribution in [1.29, 1.82) is 0 Å². The molecule has 0 saturated carbocycles. The topological polar surface area (TPSA) is 93.7 Å². The van der Waals surface area contributed by atoms with Crippen molar-refractivity contribution in [2.75, 3.05) is 24.5 Å². The third kappa shape index (κ3) is 5.24. The normalized spacial score (nSPS) is 16.5. The van der Waals surface area contributed by atoms with E-state index in [1.165, 1.54) is 12.1 Å². The summed E-state index contributed by atoms with van der Waals surface area (Å²) < 4.78 is 38.7. The molecule has 3 rings (SSSR count). The van der Waals surface area contributed by atoms with E-state index in [4.69, 9.17) is 9.47 Å². The second-order valence-electron chi connectivity index (χ2n) is 6.44. The number of carbonyl (C=O) groups is 1. The molecule has 0 aliphatic carbocycles. The summed E-state index contributed by atoms with van der Waals surface area (Å²) >= 11 is 0. The molecule has 1 aliphatic heterocycles. The molecule has 0 bridgehead atoms. The number of nitrogens with one attached hydrogen (secondary N) is 2. The van der Waals surface area contributed by atoms with Crippen LogP contribution in [0, 0.1) is 0 Å². The Morgan fingerprint density at radius 1 is 1.21 bits per heavy atom. The van der Waals surface area contributed by atoms with Crippen molar-refractivity contribution in [3.63, 3.8) is 0 Å². The zero-order chi connectivity index (χ0) is 20.0. The van der Waals surface area contributed by atoms with Gasteiger partial charge in [0.05, 0.1) is 17.6 Å². The van der Waals surface area contributed by atoms with Crippen LogP contribution in [0.2, 0.25) is 0 Å². The van der Waals surface area contributed by atoms with Crippen LogP contribution in [-0.4, -0.2) is 40.2 Å².